The van der Waals surface area contributed by atoms with E-state index in [0.717, 1.165) is 46.5 Å². The summed E-state index contributed by atoms with van der Waals surface area (Å²) in [5.41, 5.74) is 6.32. The lowest BCUT2D eigenvalue weighted by Crippen LogP contribution is -2.27. The fraction of sp³-hybridized carbons (Fsp3) is 0.333. The third-order valence-corrected chi connectivity index (χ3v) is 7.67. The quantitative estimate of drug-likeness (QED) is 0.261. The highest BCUT2D eigenvalue weighted by molar-refractivity contribution is 6.15. The van der Waals surface area contributed by atoms with Gasteiger partial charge in [0.1, 0.15) is 16.8 Å². The average Bonchev–Trinajstić information content (AvgIpc) is 3.49. The van der Waals surface area contributed by atoms with Crippen LogP contribution in [0.15, 0.2) is 53.3 Å². The molecule has 1 atom stereocenters. The Morgan fingerprint density at radius 3 is 2.51 bits per heavy atom. The van der Waals surface area contributed by atoms with Gasteiger partial charge in [-0.3, -0.25) is 4.98 Å². The Morgan fingerprint density at radius 2 is 1.85 bits per heavy atom. The smallest absolute Gasteiger partial charge is 0.341 e. The number of carbonyl (C=O) groups is 1. The molecule has 0 aliphatic carbocycles. The molecule has 0 radical (unpaired) electrons. The van der Waals surface area contributed by atoms with Crippen molar-refractivity contribution in [2.75, 3.05) is 27.4 Å². The van der Waals surface area contributed by atoms with Gasteiger partial charge in [-0.15, -0.1) is 0 Å². The van der Waals surface area contributed by atoms with Crippen LogP contribution in [-0.2, 0) is 9.47 Å². The van der Waals surface area contributed by atoms with Gasteiger partial charge in [-0.05, 0) is 44.2 Å². The molecule has 4 aromatic heterocycles. The topological polar surface area (TPSA) is 102 Å². The average molecular weight is 527 g/mol. The van der Waals surface area contributed by atoms with Crippen LogP contribution in [0.1, 0.15) is 46.3 Å². The number of methoxy groups -OCH3 is 2. The zero-order chi connectivity index (χ0) is 27.1. The van der Waals surface area contributed by atoms with E-state index >= 15 is 0 Å². The van der Waals surface area contributed by atoms with Crippen molar-refractivity contribution in [2.24, 2.45) is 5.92 Å². The van der Waals surface area contributed by atoms with Crippen molar-refractivity contribution >= 4 is 27.9 Å². The summed E-state index contributed by atoms with van der Waals surface area (Å²) in [5, 5.41) is 4.83. The summed E-state index contributed by atoms with van der Waals surface area (Å²) in [7, 11) is 2.96. The van der Waals surface area contributed by atoms with E-state index in [4.69, 9.17) is 23.7 Å². The molecule has 5 heterocycles. The Balaban J connectivity index is 1.77. The molecule has 1 aliphatic rings. The molecule has 39 heavy (non-hydrogen) atoms. The summed E-state index contributed by atoms with van der Waals surface area (Å²) < 4.78 is 24.4. The number of aromatic nitrogens is 4. The van der Waals surface area contributed by atoms with Crippen LogP contribution >= 0.6 is 0 Å². The number of nitrogens with zero attached hydrogens (tertiary/aromatic N) is 4. The second kappa shape index (κ2) is 10.1. The highest BCUT2D eigenvalue weighted by Crippen LogP contribution is 2.44. The summed E-state index contributed by atoms with van der Waals surface area (Å²) in [4.78, 5) is 22.6. The van der Waals surface area contributed by atoms with Crippen LogP contribution in [0.25, 0.3) is 33.1 Å². The van der Waals surface area contributed by atoms with E-state index in [9.17, 15) is 4.79 Å². The Morgan fingerprint density at radius 1 is 1.08 bits per heavy atom. The minimum absolute atomic E-state index is 0.104. The van der Waals surface area contributed by atoms with E-state index in [1.165, 1.54) is 13.3 Å². The maximum atomic E-state index is 13.2. The van der Waals surface area contributed by atoms with Gasteiger partial charge in [0.25, 0.3) is 0 Å². The molecule has 0 bridgehead atoms. The first-order valence-electron chi connectivity index (χ1n) is 13.0. The Hall–Kier alpha value is -4.24. The highest BCUT2D eigenvalue weighted by atomic mass is 16.5. The van der Waals surface area contributed by atoms with Crippen LogP contribution in [0.2, 0.25) is 0 Å². The van der Waals surface area contributed by atoms with Crippen LogP contribution in [0.4, 0.5) is 0 Å². The highest BCUT2D eigenvalue weighted by Gasteiger charge is 2.33. The summed E-state index contributed by atoms with van der Waals surface area (Å²) in [6.45, 7) is 5.18. The molecule has 5 aromatic rings. The third kappa shape index (κ3) is 4.13. The summed E-state index contributed by atoms with van der Waals surface area (Å²) in [6, 6.07) is 12.4. The molecular formula is C30H30N4O5. The SMILES string of the molecule is COC(=O)c1cnc(OC)c2c3ncc(-c4c(C)noc4C)cc3n([C@H](c3ccccc3)C3CCOCC3)c12. The van der Waals surface area contributed by atoms with Gasteiger partial charge in [-0.25, -0.2) is 9.78 Å². The number of aryl methyl sites for hydroxylation is 2. The third-order valence-electron chi connectivity index (χ3n) is 7.67. The lowest BCUT2D eigenvalue weighted by molar-refractivity contribution is 0.0549. The molecule has 0 amide bonds. The van der Waals surface area contributed by atoms with E-state index in [0.29, 0.717) is 41.1 Å². The predicted molar refractivity (Wildman–Crippen MR) is 146 cm³/mol. The standard InChI is InChI=1S/C30H30N4O5/c1-17-24(18(2)39-33-17)21-14-23-26(31-15-21)25-28(22(30(35)37-4)16-32-29(25)36-3)34(23)27(19-8-6-5-7-9-19)20-10-12-38-13-11-20/h5-9,14-16,20,27H,10-13H2,1-4H3/t27-/m1/s1. The van der Waals surface area contributed by atoms with Crippen molar-refractivity contribution < 1.29 is 23.5 Å². The molecule has 1 aromatic carbocycles. The Kier molecular flexibility index (Phi) is 6.52. The number of hydrogen-bond acceptors (Lipinski definition) is 8. The summed E-state index contributed by atoms with van der Waals surface area (Å²) >= 11 is 0. The van der Waals surface area contributed by atoms with Gasteiger partial charge in [-0.1, -0.05) is 35.5 Å². The predicted octanol–water partition coefficient (Wildman–Crippen LogP) is 5.67. The Labute approximate surface area is 225 Å². The number of hydrogen-bond donors (Lipinski definition) is 0. The Bertz CT molecular complexity index is 1650. The van der Waals surface area contributed by atoms with Crippen molar-refractivity contribution in [3.8, 4) is 17.0 Å². The molecule has 0 unspecified atom stereocenters. The molecular weight excluding hydrogens is 496 g/mol. The lowest BCUT2D eigenvalue weighted by Gasteiger charge is -2.33. The van der Waals surface area contributed by atoms with Gasteiger partial charge in [0, 0.05) is 36.7 Å². The van der Waals surface area contributed by atoms with Crippen molar-refractivity contribution in [3.63, 3.8) is 0 Å². The van der Waals surface area contributed by atoms with Crippen molar-refractivity contribution in [3.05, 3.63) is 71.4 Å². The molecule has 9 heteroatoms. The number of ether oxygens (including phenoxy) is 3. The van der Waals surface area contributed by atoms with Crippen molar-refractivity contribution in [2.45, 2.75) is 32.7 Å². The first-order chi connectivity index (χ1) is 19.0. The molecule has 0 N–H and O–H groups in total. The van der Waals surface area contributed by atoms with Gasteiger partial charge in [0.15, 0.2) is 0 Å². The number of rotatable bonds is 6. The maximum Gasteiger partial charge on any atom is 0.341 e. The fourth-order valence-corrected chi connectivity index (χ4v) is 5.95. The summed E-state index contributed by atoms with van der Waals surface area (Å²) in [5.74, 6) is 0.906. The van der Waals surface area contributed by atoms with Crippen LogP contribution < -0.4 is 4.74 Å². The molecule has 0 saturated carbocycles. The molecule has 6 rings (SSSR count). The molecule has 1 saturated heterocycles. The first-order valence-corrected chi connectivity index (χ1v) is 13.0. The molecule has 9 nitrogen and oxygen atoms in total. The van der Waals surface area contributed by atoms with Crippen LogP contribution in [-0.4, -0.2) is 53.1 Å². The number of benzene rings is 1. The normalized spacial score (nSPS) is 15.1. The molecule has 1 aliphatic heterocycles. The molecule has 0 spiro atoms. The second-order valence-electron chi connectivity index (χ2n) is 9.86. The maximum absolute atomic E-state index is 13.2. The van der Waals surface area contributed by atoms with E-state index < -0.39 is 5.97 Å². The van der Waals surface area contributed by atoms with E-state index in [1.54, 1.807) is 7.11 Å². The minimum Gasteiger partial charge on any atom is -0.480 e. The summed E-state index contributed by atoms with van der Waals surface area (Å²) in [6.07, 6.45) is 5.11. The van der Waals surface area contributed by atoms with E-state index in [-0.39, 0.29) is 12.0 Å². The number of carbonyl (C=O) groups excluding carboxylic acids is 1. The van der Waals surface area contributed by atoms with Crippen LogP contribution in [0.3, 0.4) is 0 Å². The zero-order valence-electron chi connectivity index (χ0n) is 22.4. The largest absolute Gasteiger partial charge is 0.480 e. The monoisotopic (exact) mass is 526 g/mol. The minimum atomic E-state index is -0.469. The van der Waals surface area contributed by atoms with Gasteiger partial charge in [0.2, 0.25) is 5.88 Å². The second-order valence-corrected chi connectivity index (χ2v) is 9.86. The van der Waals surface area contributed by atoms with Crippen molar-refractivity contribution in [1.29, 1.82) is 0 Å². The number of fused-ring (bicyclic) bond motifs is 3. The zero-order valence-corrected chi connectivity index (χ0v) is 22.4. The molecule has 1 fully saturated rings. The van der Waals surface area contributed by atoms with Gasteiger partial charge < -0.3 is 23.3 Å². The van der Waals surface area contributed by atoms with E-state index in [2.05, 4.69) is 32.9 Å². The first kappa shape index (κ1) is 25.1. The van der Waals surface area contributed by atoms with Crippen molar-refractivity contribution in [1.82, 2.24) is 19.7 Å². The van der Waals surface area contributed by atoms with Crippen LogP contribution in [0, 0.1) is 19.8 Å². The van der Waals surface area contributed by atoms with Gasteiger partial charge >= 0.3 is 5.97 Å². The lowest BCUT2D eigenvalue weighted by atomic mass is 9.86. The molecule has 200 valence electrons. The van der Waals surface area contributed by atoms with Crippen LogP contribution in [0.5, 0.6) is 5.88 Å². The number of pyridine rings is 2. The number of esters is 1. The van der Waals surface area contributed by atoms with Gasteiger partial charge in [0.05, 0.1) is 42.4 Å². The fourth-order valence-electron chi connectivity index (χ4n) is 5.95. The van der Waals surface area contributed by atoms with E-state index in [1.807, 2.05) is 38.2 Å². The van der Waals surface area contributed by atoms with Gasteiger partial charge in [-0.2, -0.15) is 0 Å².